The zero-order valence-electron chi connectivity index (χ0n) is 10.7. The average Bonchev–Trinajstić information content (AvgIpc) is 2.37. The van der Waals surface area contributed by atoms with E-state index in [1.807, 2.05) is 0 Å². The maximum atomic E-state index is 12.6. The highest BCUT2D eigenvalue weighted by Gasteiger charge is 2.32. The van der Waals surface area contributed by atoms with Crippen molar-refractivity contribution in [3.63, 3.8) is 0 Å². The Balaban J connectivity index is 2.36. The predicted octanol–water partition coefficient (Wildman–Crippen LogP) is 4.25. The van der Waals surface area contributed by atoms with Crippen molar-refractivity contribution < 1.29 is 31.1 Å². The average molecular weight is 322 g/mol. The van der Waals surface area contributed by atoms with Gasteiger partial charge < -0.3 is 10.5 Å². The number of pyridine rings is 1. The van der Waals surface area contributed by atoms with Crippen LogP contribution in [0.4, 0.5) is 32.2 Å². The monoisotopic (exact) mass is 322 g/mol. The molecule has 0 bridgehead atoms. The molecule has 0 saturated heterocycles. The van der Waals surface area contributed by atoms with Gasteiger partial charge in [-0.25, -0.2) is 4.98 Å². The highest BCUT2D eigenvalue weighted by Crippen LogP contribution is 2.34. The number of nitrogens with two attached hydrogens (primary N) is 1. The summed E-state index contributed by atoms with van der Waals surface area (Å²) in [6.45, 7) is 0. The summed E-state index contributed by atoms with van der Waals surface area (Å²) in [5.41, 5.74) is 4.66. The van der Waals surface area contributed by atoms with Crippen LogP contribution in [0, 0.1) is 0 Å². The first-order valence-corrected chi connectivity index (χ1v) is 5.75. The number of aromatic nitrogens is 1. The van der Waals surface area contributed by atoms with Crippen molar-refractivity contribution >= 4 is 5.82 Å². The Morgan fingerprint density at radius 1 is 0.955 bits per heavy atom. The molecule has 0 radical (unpaired) electrons. The van der Waals surface area contributed by atoms with E-state index in [1.165, 1.54) is 0 Å². The van der Waals surface area contributed by atoms with Crippen molar-refractivity contribution in [2.24, 2.45) is 0 Å². The topological polar surface area (TPSA) is 48.1 Å². The van der Waals surface area contributed by atoms with Gasteiger partial charge in [-0.2, -0.15) is 13.2 Å². The lowest BCUT2D eigenvalue weighted by Crippen LogP contribution is -2.16. The van der Waals surface area contributed by atoms with E-state index in [0.717, 1.165) is 30.3 Å². The van der Waals surface area contributed by atoms with E-state index in [9.17, 15) is 26.3 Å². The van der Waals surface area contributed by atoms with Gasteiger partial charge in [-0.05, 0) is 23.8 Å². The Morgan fingerprint density at radius 2 is 1.55 bits per heavy atom. The number of anilines is 1. The van der Waals surface area contributed by atoms with Gasteiger partial charge in [0.05, 0.1) is 5.56 Å². The molecule has 2 aromatic rings. The number of hydrogen-bond donors (Lipinski definition) is 1. The van der Waals surface area contributed by atoms with Gasteiger partial charge in [0, 0.05) is 11.8 Å². The highest BCUT2D eigenvalue weighted by atomic mass is 19.4. The molecule has 0 unspecified atom stereocenters. The van der Waals surface area contributed by atoms with Gasteiger partial charge in [0.2, 0.25) is 0 Å². The highest BCUT2D eigenvalue weighted by molar-refractivity contribution is 5.74. The van der Waals surface area contributed by atoms with E-state index < -0.39 is 23.9 Å². The number of rotatable bonds is 2. The minimum atomic E-state index is -4.85. The quantitative estimate of drug-likeness (QED) is 0.841. The molecule has 0 spiro atoms. The Morgan fingerprint density at radius 3 is 2.05 bits per heavy atom. The summed E-state index contributed by atoms with van der Waals surface area (Å²) >= 11 is 0. The van der Waals surface area contributed by atoms with E-state index in [-0.39, 0.29) is 16.9 Å². The lowest BCUT2D eigenvalue weighted by molar-refractivity contribution is -0.274. The van der Waals surface area contributed by atoms with Crippen LogP contribution in [-0.4, -0.2) is 11.3 Å². The zero-order chi connectivity index (χ0) is 16.5. The molecule has 2 N–H and O–H groups in total. The zero-order valence-corrected chi connectivity index (χ0v) is 10.7. The van der Waals surface area contributed by atoms with Crippen molar-refractivity contribution in [3.8, 4) is 16.9 Å². The van der Waals surface area contributed by atoms with Crippen LogP contribution in [0.15, 0.2) is 36.5 Å². The summed E-state index contributed by atoms with van der Waals surface area (Å²) in [5, 5.41) is 0. The second-order valence-corrected chi connectivity index (χ2v) is 4.23. The fourth-order valence-electron chi connectivity index (χ4n) is 1.70. The molecule has 9 heteroatoms. The molecular weight excluding hydrogens is 314 g/mol. The lowest BCUT2D eigenvalue weighted by Gasteiger charge is -2.12. The Bertz CT molecular complexity index is 664. The second kappa shape index (κ2) is 5.39. The molecule has 1 aromatic heterocycles. The summed E-state index contributed by atoms with van der Waals surface area (Å²) < 4.78 is 77.7. The number of hydrogen-bond acceptors (Lipinski definition) is 3. The van der Waals surface area contributed by atoms with Crippen molar-refractivity contribution in [2.75, 3.05) is 5.73 Å². The normalized spacial score (nSPS) is 12.3. The Kier molecular flexibility index (Phi) is 3.90. The van der Waals surface area contributed by atoms with Crippen molar-refractivity contribution in [1.29, 1.82) is 0 Å². The van der Waals surface area contributed by atoms with Gasteiger partial charge >= 0.3 is 12.5 Å². The maximum Gasteiger partial charge on any atom is 0.573 e. The molecule has 0 aliphatic rings. The summed E-state index contributed by atoms with van der Waals surface area (Å²) in [6.07, 6.45) is -8.87. The van der Waals surface area contributed by atoms with Gasteiger partial charge in [0.1, 0.15) is 11.6 Å². The molecule has 3 nitrogen and oxygen atoms in total. The van der Waals surface area contributed by atoms with E-state index in [1.54, 1.807) is 0 Å². The van der Waals surface area contributed by atoms with Crippen LogP contribution in [0.1, 0.15) is 5.56 Å². The van der Waals surface area contributed by atoms with Crippen LogP contribution in [0.5, 0.6) is 5.75 Å². The molecule has 22 heavy (non-hydrogen) atoms. The molecule has 0 atom stereocenters. The molecule has 1 aromatic carbocycles. The lowest BCUT2D eigenvalue weighted by atomic mass is 10.0. The standard InChI is InChI=1S/C13H8F6N2O/c14-12(15,16)8-5-10(11(20)21-6-8)7-1-3-9(4-2-7)22-13(17,18)19/h1-6H,(H2,20,21). The summed E-state index contributed by atoms with van der Waals surface area (Å²) in [6, 6.07) is 5.05. The Labute approximate surface area is 120 Å². The fourth-order valence-corrected chi connectivity index (χ4v) is 1.70. The smallest absolute Gasteiger partial charge is 0.406 e. The summed E-state index contributed by atoms with van der Waals surface area (Å²) in [4.78, 5) is 3.45. The SMILES string of the molecule is Nc1ncc(C(F)(F)F)cc1-c1ccc(OC(F)(F)F)cc1. The summed E-state index contributed by atoms with van der Waals surface area (Å²) in [5.74, 6) is -0.660. The van der Waals surface area contributed by atoms with Crippen molar-refractivity contribution in [2.45, 2.75) is 12.5 Å². The minimum absolute atomic E-state index is 0.0339. The minimum Gasteiger partial charge on any atom is -0.406 e. The third kappa shape index (κ3) is 3.80. The van der Waals surface area contributed by atoms with Crippen molar-refractivity contribution in [1.82, 2.24) is 4.98 Å². The molecule has 0 aliphatic carbocycles. The van der Waals surface area contributed by atoms with Crippen molar-refractivity contribution in [3.05, 3.63) is 42.1 Å². The number of ether oxygens (including phenoxy) is 1. The van der Waals surface area contributed by atoms with Crippen LogP contribution >= 0.6 is 0 Å². The van der Waals surface area contributed by atoms with Crippen LogP contribution in [0.3, 0.4) is 0 Å². The number of nitrogens with zero attached hydrogens (tertiary/aromatic N) is 1. The summed E-state index contributed by atoms with van der Waals surface area (Å²) in [7, 11) is 0. The molecule has 0 amide bonds. The first-order chi connectivity index (χ1) is 10.1. The molecular formula is C13H8F6N2O. The van der Waals surface area contributed by atoms with Gasteiger partial charge in [-0.3, -0.25) is 0 Å². The van der Waals surface area contributed by atoms with Crippen LogP contribution in [0.2, 0.25) is 0 Å². The molecule has 0 aliphatic heterocycles. The maximum absolute atomic E-state index is 12.6. The predicted molar refractivity (Wildman–Crippen MR) is 65.8 cm³/mol. The molecule has 1 heterocycles. The van der Waals surface area contributed by atoms with Gasteiger partial charge in [0.15, 0.2) is 0 Å². The second-order valence-electron chi connectivity index (χ2n) is 4.23. The first-order valence-electron chi connectivity index (χ1n) is 5.75. The van der Waals surface area contributed by atoms with E-state index >= 15 is 0 Å². The number of alkyl halides is 6. The Hall–Kier alpha value is -2.45. The molecule has 118 valence electrons. The van der Waals surface area contributed by atoms with Crippen LogP contribution in [-0.2, 0) is 6.18 Å². The van der Waals surface area contributed by atoms with E-state index in [0.29, 0.717) is 6.20 Å². The van der Waals surface area contributed by atoms with E-state index in [4.69, 9.17) is 5.73 Å². The van der Waals surface area contributed by atoms with Crippen LogP contribution in [0.25, 0.3) is 11.1 Å². The van der Waals surface area contributed by atoms with Gasteiger partial charge in [-0.1, -0.05) is 12.1 Å². The third-order valence-electron chi connectivity index (χ3n) is 2.64. The molecule has 0 fully saturated rings. The first kappa shape index (κ1) is 15.9. The van der Waals surface area contributed by atoms with Crippen LogP contribution < -0.4 is 10.5 Å². The number of halogens is 6. The number of nitrogen functional groups attached to an aromatic ring is 1. The third-order valence-corrected chi connectivity index (χ3v) is 2.64. The number of benzene rings is 1. The fraction of sp³-hybridized carbons (Fsp3) is 0.154. The molecule has 2 rings (SSSR count). The molecule has 0 saturated carbocycles. The largest absolute Gasteiger partial charge is 0.573 e. The van der Waals surface area contributed by atoms with E-state index in [2.05, 4.69) is 9.72 Å². The van der Waals surface area contributed by atoms with Gasteiger partial charge in [0.25, 0.3) is 0 Å². The van der Waals surface area contributed by atoms with Gasteiger partial charge in [-0.15, -0.1) is 13.2 Å².